The third-order valence-electron chi connectivity index (χ3n) is 3.46. The summed E-state index contributed by atoms with van der Waals surface area (Å²) in [5.41, 5.74) is 2.17. The number of aromatic nitrogens is 1. The second kappa shape index (κ2) is 4.99. The average molecular weight is 261 g/mol. The first-order chi connectivity index (χ1) is 9.24. The predicted octanol–water partition coefficient (Wildman–Crippen LogP) is 1.91. The number of morpholine rings is 1. The molecule has 0 bridgehead atoms. The summed E-state index contributed by atoms with van der Waals surface area (Å²) >= 11 is 0. The van der Waals surface area contributed by atoms with Crippen LogP contribution in [0, 0.1) is 10.1 Å². The molecule has 0 aliphatic carbocycles. The van der Waals surface area contributed by atoms with Gasteiger partial charge in [0, 0.05) is 48.9 Å². The standard InChI is InChI=1S/C13H15N3O3/c17-16(18)11-1-2-13-12(7-11)10(8-14-13)9-15-3-5-19-6-4-15/h1-2,7-8,14H,3-6,9H2. The maximum atomic E-state index is 10.8. The number of nitro groups is 1. The van der Waals surface area contributed by atoms with Gasteiger partial charge in [0.05, 0.1) is 18.1 Å². The van der Waals surface area contributed by atoms with E-state index in [0.29, 0.717) is 0 Å². The first kappa shape index (κ1) is 12.1. The monoisotopic (exact) mass is 261 g/mol. The van der Waals surface area contributed by atoms with Crippen LogP contribution in [0.2, 0.25) is 0 Å². The Balaban J connectivity index is 1.89. The molecule has 1 aliphatic rings. The number of hydrogen-bond donors (Lipinski definition) is 1. The Morgan fingerprint density at radius 3 is 2.89 bits per heavy atom. The van der Waals surface area contributed by atoms with Crippen molar-refractivity contribution < 1.29 is 9.66 Å². The number of fused-ring (bicyclic) bond motifs is 1. The smallest absolute Gasteiger partial charge is 0.270 e. The van der Waals surface area contributed by atoms with E-state index in [1.54, 1.807) is 12.1 Å². The Hall–Kier alpha value is -1.92. The van der Waals surface area contributed by atoms with E-state index in [1.807, 2.05) is 6.20 Å². The van der Waals surface area contributed by atoms with Gasteiger partial charge in [0.2, 0.25) is 0 Å². The van der Waals surface area contributed by atoms with Gasteiger partial charge in [0.1, 0.15) is 0 Å². The fourth-order valence-corrected chi connectivity index (χ4v) is 2.41. The van der Waals surface area contributed by atoms with Gasteiger partial charge in [-0.25, -0.2) is 0 Å². The number of aromatic amines is 1. The van der Waals surface area contributed by atoms with Gasteiger partial charge >= 0.3 is 0 Å². The van der Waals surface area contributed by atoms with Gasteiger partial charge in [0.25, 0.3) is 5.69 Å². The number of ether oxygens (including phenoxy) is 1. The van der Waals surface area contributed by atoms with Crippen molar-refractivity contribution in [1.29, 1.82) is 0 Å². The zero-order valence-corrected chi connectivity index (χ0v) is 10.5. The van der Waals surface area contributed by atoms with Crippen LogP contribution < -0.4 is 0 Å². The van der Waals surface area contributed by atoms with Crippen LogP contribution in [-0.2, 0) is 11.3 Å². The molecule has 2 heterocycles. The van der Waals surface area contributed by atoms with Crippen molar-refractivity contribution in [1.82, 2.24) is 9.88 Å². The molecule has 6 heteroatoms. The topological polar surface area (TPSA) is 71.4 Å². The van der Waals surface area contributed by atoms with Crippen molar-refractivity contribution in [3.05, 3.63) is 40.1 Å². The normalized spacial score (nSPS) is 16.8. The molecule has 19 heavy (non-hydrogen) atoms. The summed E-state index contributed by atoms with van der Waals surface area (Å²) in [6.07, 6.45) is 1.93. The summed E-state index contributed by atoms with van der Waals surface area (Å²) in [6.45, 7) is 4.11. The lowest BCUT2D eigenvalue weighted by Gasteiger charge is -2.26. The van der Waals surface area contributed by atoms with Crippen LogP contribution in [0.3, 0.4) is 0 Å². The number of nitro benzene ring substituents is 1. The molecule has 1 saturated heterocycles. The number of nitrogens with one attached hydrogen (secondary N) is 1. The molecule has 1 aliphatic heterocycles. The third kappa shape index (κ3) is 2.45. The van der Waals surface area contributed by atoms with Crippen LogP contribution in [-0.4, -0.2) is 41.1 Å². The Bertz CT molecular complexity index is 602. The molecule has 0 amide bonds. The number of nitrogens with zero attached hydrogens (tertiary/aromatic N) is 2. The molecule has 100 valence electrons. The van der Waals surface area contributed by atoms with Gasteiger partial charge in [-0.1, -0.05) is 0 Å². The molecule has 1 fully saturated rings. The van der Waals surface area contributed by atoms with Gasteiger partial charge in [-0.15, -0.1) is 0 Å². The van der Waals surface area contributed by atoms with E-state index in [2.05, 4.69) is 9.88 Å². The van der Waals surface area contributed by atoms with Crippen LogP contribution in [0.25, 0.3) is 10.9 Å². The van der Waals surface area contributed by atoms with Gasteiger partial charge in [-0.3, -0.25) is 15.0 Å². The minimum Gasteiger partial charge on any atom is -0.379 e. The molecule has 0 atom stereocenters. The molecule has 0 saturated carbocycles. The fraction of sp³-hybridized carbons (Fsp3) is 0.385. The summed E-state index contributed by atoms with van der Waals surface area (Å²) < 4.78 is 5.32. The van der Waals surface area contributed by atoms with E-state index in [9.17, 15) is 10.1 Å². The molecule has 1 aromatic carbocycles. The zero-order chi connectivity index (χ0) is 13.2. The molecule has 6 nitrogen and oxygen atoms in total. The first-order valence-electron chi connectivity index (χ1n) is 6.28. The fourth-order valence-electron chi connectivity index (χ4n) is 2.41. The molecule has 0 unspecified atom stereocenters. The van der Waals surface area contributed by atoms with Crippen LogP contribution in [0.5, 0.6) is 0 Å². The van der Waals surface area contributed by atoms with Crippen LogP contribution >= 0.6 is 0 Å². The van der Waals surface area contributed by atoms with Crippen molar-refractivity contribution in [3.63, 3.8) is 0 Å². The highest BCUT2D eigenvalue weighted by molar-refractivity contribution is 5.85. The minimum atomic E-state index is -0.356. The molecule has 0 radical (unpaired) electrons. The molecular weight excluding hydrogens is 246 g/mol. The van der Waals surface area contributed by atoms with Gasteiger partial charge in [-0.05, 0) is 11.6 Å². The summed E-state index contributed by atoms with van der Waals surface area (Å²) in [6, 6.07) is 4.93. The van der Waals surface area contributed by atoms with Crippen molar-refractivity contribution in [2.24, 2.45) is 0 Å². The third-order valence-corrected chi connectivity index (χ3v) is 3.46. The Morgan fingerprint density at radius 1 is 1.37 bits per heavy atom. The Morgan fingerprint density at radius 2 is 2.16 bits per heavy atom. The van der Waals surface area contributed by atoms with Crippen molar-refractivity contribution in [2.75, 3.05) is 26.3 Å². The number of rotatable bonds is 3. The van der Waals surface area contributed by atoms with E-state index < -0.39 is 0 Å². The summed E-state index contributed by atoms with van der Waals surface area (Å²) in [5.74, 6) is 0. The second-order valence-electron chi connectivity index (χ2n) is 4.69. The number of H-pyrrole nitrogens is 1. The number of non-ortho nitro benzene ring substituents is 1. The molecule has 1 aromatic heterocycles. The van der Waals surface area contributed by atoms with E-state index >= 15 is 0 Å². The van der Waals surface area contributed by atoms with E-state index in [0.717, 1.165) is 49.3 Å². The van der Waals surface area contributed by atoms with E-state index in [-0.39, 0.29) is 10.6 Å². The van der Waals surface area contributed by atoms with Crippen LogP contribution in [0.4, 0.5) is 5.69 Å². The number of benzene rings is 1. The molecular formula is C13H15N3O3. The number of hydrogen-bond acceptors (Lipinski definition) is 4. The maximum Gasteiger partial charge on any atom is 0.270 e. The second-order valence-corrected chi connectivity index (χ2v) is 4.69. The first-order valence-corrected chi connectivity index (χ1v) is 6.28. The highest BCUT2D eigenvalue weighted by Crippen LogP contribution is 2.24. The lowest BCUT2D eigenvalue weighted by atomic mass is 10.1. The molecule has 3 rings (SSSR count). The summed E-state index contributed by atoms with van der Waals surface area (Å²) in [4.78, 5) is 15.9. The van der Waals surface area contributed by atoms with Gasteiger partial charge < -0.3 is 9.72 Å². The Labute approximate surface area is 110 Å². The quantitative estimate of drug-likeness (QED) is 0.676. The Kier molecular flexibility index (Phi) is 3.18. The zero-order valence-electron chi connectivity index (χ0n) is 10.5. The maximum absolute atomic E-state index is 10.8. The SMILES string of the molecule is O=[N+]([O-])c1ccc2[nH]cc(CN3CCOCC3)c2c1. The van der Waals surface area contributed by atoms with Gasteiger partial charge in [0.15, 0.2) is 0 Å². The summed E-state index contributed by atoms with van der Waals surface area (Å²) in [5, 5.41) is 11.8. The van der Waals surface area contributed by atoms with Crippen molar-refractivity contribution >= 4 is 16.6 Å². The van der Waals surface area contributed by atoms with Crippen LogP contribution in [0.1, 0.15) is 5.56 Å². The van der Waals surface area contributed by atoms with Crippen LogP contribution in [0.15, 0.2) is 24.4 Å². The lowest BCUT2D eigenvalue weighted by Crippen LogP contribution is -2.35. The minimum absolute atomic E-state index is 0.135. The van der Waals surface area contributed by atoms with E-state index in [1.165, 1.54) is 6.07 Å². The average Bonchev–Trinajstić information content (AvgIpc) is 2.82. The highest BCUT2D eigenvalue weighted by Gasteiger charge is 2.15. The van der Waals surface area contributed by atoms with Crippen molar-refractivity contribution in [3.8, 4) is 0 Å². The molecule has 0 spiro atoms. The largest absolute Gasteiger partial charge is 0.379 e. The van der Waals surface area contributed by atoms with E-state index in [4.69, 9.17) is 4.74 Å². The molecule has 1 N–H and O–H groups in total. The highest BCUT2D eigenvalue weighted by atomic mass is 16.6. The van der Waals surface area contributed by atoms with Gasteiger partial charge in [-0.2, -0.15) is 0 Å². The van der Waals surface area contributed by atoms with Crippen molar-refractivity contribution in [2.45, 2.75) is 6.54 Å². The predicted molar refractivity (Wildman–Crippen MR) is 71.0 cm³/mol. The summed E-state index contributed by atoms with van der Waals surface area (Å²) in [7, 11) is 0. The molecule has 2 aromatic rings. The lowest BCUT2D eigenvalue weighted by molar-refractivity contribution is -0.384.